The van der Waals surface area contributed by atoms with Crippen LogP contribution in [0.25, 0.3) is 11.3 Å². The number of carbonyl (C=O) groups excluding carboxylic acids is 3. The molecule has 3 heterocycles. The van der Waals surface area contributed by atoms with Gasteiger partial charge in [-0.05, 0) is 68.1 Å². The van der Waals surface area contributed by atoms with E-state index in [1.165, 1.54) is 5.56 Å². The molecular weight excluding hydrogens is 540 g/mol. The third-order valence-electron chi connectivity index (χ3n) is 7.94. The molecule has 0 bridgehead atoms. The van der Waals surface area contributed by atoms with E-state index in [0.29, 0.717) is 23.6 Å². The Bertz CT molecular complexity index is 1410. The number of halogens is 3. The van der Waals surface area contributed by atoms with Crippen LogP contribution in [0.5, 0.6) is 0 Å². The Morgan fingerprint density at radius 1 is 1.12 bits per heavy atom. The van der Waals surface area contributed by atoms with E-state index >= 15 is 0 Å². The van der Waals surface area contributed by atoms with Gasteiger partial charge in [-0.3, -0.25) is 9.89 Å². The van der Waals surface area contributed by atoms with E-state index in [1.54, 1.807) is 6.20 Å². The molecule has 3 aliphatic rings. The zero-order valence-electron chi connectivity index (χ0n) is 22.2. The summed E-state index contributed by atoms with van der Waals surface area (Å²) in [5.41, 5.74) is 5.92. The summed E-state index contributed by atoms with van der Waals surface area (Å²) in [4.78, 5) is 38.8. The van der Waals surface area contributed by atoms with E-state index in [0.717, 1.165) is 41.9 Å². The minimum Gasteiger partial charge on any atom is -0.363 e. The van der Waals surface area contributed by atoms with Crippen molar-refractivity contribution in [3.8, 4) is 11.3 Å². The zero-order chi connectivity index (χ0) is 28.6. The number of amides is 2. The van der Waals surface area contributed by atoms with Crippen LogP contribution < -0.4 is 10.2 Å². The molecule has 210 valence electrons. The molecule has 0 spiro atoms. The third kappa shape index (κ3) is 5.32. The Labute approximate surface area is 235 Å². The van der Waals surface area contributed by atoms with Crippen molar-refractivity contribution in [3.05, 3.63) is 70.4 Å². The minimum absolute atomic E-state index is 0.0351. The second-order valence-corrected chi connectivity index (χ2v) is 11.0. The number of nitrogens with one attached hydrogen (secondary N) is 2. The average molecular weight is 570 g/mol. The summed E-state index contributed by atoms with van der Waals surface area (Å²) in [6.07, 6.45) is 1.19. The molecule has 3 unspecified atom stereocenters. The molecule has 3 aromatic rings. The quantitative estimate of drug-likeness (QED) is 0.277. The van der Waals surface area contributed by atoms with Crippen LogP contribution in [0.1, 0.15) is 54.1 Å². The normalized spacial score (nSPS) is 21.1. The van der Waals surface area contributed by atoms with Gasteiger partial charge in [0.25, 0.3) is 0 Å². The van der Waals surface area contributed by atoms with Gasteiger partial charge in [0.15, 0.2) is 5.78 Å². The summed E-state index contributed by atoms with van der Waals surface area (Å²) in [6.45, 7) is 5.86. The van der Waals surface area contributed by atoms with Crippen molar-refractivity contribution >= 4 is 35.4 Å². The molecule has 11 heteroatoms. The largest absolute Gasteiger partial charge is 0.483 e. The van der Waals surface area contributed by atoms with Crippen LogP contribution in [0.3, 0.4) is 0 Å². The van der Waals surface area contributed by atoms with Gasteiger partial charge in [-0.2, -0.15) is 5.10 Å². The van der Waals surface area contributed by atoms with Crippen molar-refractivity contribution in [3.63, 3.8) is 0 Å². The predicted molar refractivity (Wildman–Crippen MR) is 148 cm³/mol. The van der Waals surface area contributed by atoms with Crippen LogP contribution >= 0.6 is 11.6 Å². The molecule has 2 aromatic carbocycles. The maximum Gasteiger partial charge on any atom is 0.483 e. The number of anilines is 1. The highest BCUT2D eigenvalue weighted by molar-refractivity contribution is 6.30. The van der Waals surface area contributed by atoms with E-state index in [1.807, 2.05) is 41.3 Å². The van der Waals surface area contributed by atoms with Gasteiger partial charge in [0.1, 0.15) is 0 Å². The molecule has 0 radical (unpaired) electrons. The van der Waals surface area contributed by atoms with Gasteiger partial charge in [-0.1, -0.05) is 23.7 Å². The van der Waals surface area contributed by atoms with Gasteiger partial charge in [0, 0.05) is 53.8 Å². The average Bonchev–Trinajstić information content (AvgIpc) is 3.69. The number of ketones is 1. The molecule has 2 fully saturated rings. The van der Waals surface area contributed by atoms with Crippen LogP contribution in [0, 0.1) is 0 Å². The lowest BCUT2D eigenvalue weighted by Gasteiger charge is -2.38. The van der Waals surface area contributed by atoms with E-state index in [4.69, 9.17) is 16.4 Å². The van der Waals surface area contributed by atoms with Gasteiger partial charge in [-0.25, -0.2) is 9.59 Å². The molecule has 3 atom stereocenters. The summed E-state index contributed by atoms with van der Waals surface area (Å²) in [5.74, 6) is 0.347. The molecule has 8 nitrogen and oxygen atoms in total. The lowest BCUT2D eigenvalue weighted by Crippen LogP contribution is -2.51. The lowest BCUT2D eigenvalue weighted by atomic mass is 9.90. The molecular formula is C29H30ClF2N5O3. The first-order chi connectivity index (χ1) is 19.2. The summed E-state index contributed by atoms with van der Waals surface area (Å²) < 4.78 is 19.4. The SMILES string of the molecule is CC(C)N1c2c(-c3ccn[nH]3)cc(C(=O)Cc3ccc(Cl)cc3)cc2C2CCC(N3CCNC3=O)C21.O=C(F)F. The fourth-order valence-corrected chi connectivity index (χ4v) is 6.59. The number of benzene rings is 2. The van der Waals surface area contributed by atoms with E-state index in [-0.39, 0.29) is 35.9 Å². The fraction of sp³-hybridized carbons (Fsp3) is 0.379. The first-order valence-corrected chi connectivity index (χ1v) is 13.7. The number of rotatable bonds is 6. The van der Waals surface area contributed by atoms with Gasteiger partial charge >= 0.3 is 12.3 Å². The Hall–Kier alpha value is -3.79. The van der Waals surface area contributed by atoms with Gasteiger partial charge in [0.05, 0.1) is 23.5 Å². The Morgan fingerprint density at radius 2 is 1.85 bits per heavy atom. The second-order valence-electron chi connectivity index (χ2n) is 10.6. The van der Waals surface area contributed by atoms with Crippen molar-refractivity contribution in [1.82, 2.24) is 20.4 Å². The highest BCUT2D eigenvalue weighted by Crippen LogP contribution is 2.54. The first kappa shape index (κ1) is 27.8. The fourth-order valence-electron chi connectivity index (χ4n) is 6.46. The minimum atomic E-state index is -2.83. The van der Waals surface area contributed by atoms with Crippen LogP contribution in [0.4, 0.5) is 24.1 Å². The Morgan fingerprint density at radius 3 is 2.45 bits per heavy atom. The van der Waals surface area contributed by atoms with E-state index in [9.17, 15) is 18.4 Å². The molecule has 2 amide bonds. The summed E-state index contributed by atoms with van der Waals surface area (Å²) >= 11 is 6.04. The zero-order valence-corrected chi connectivity index (χ0v) is 22.9. The standard InChI is InChI=1S/C28H30ClN5O2.CF2O/c1-16(2)34-26-21(20-7-8-24(27(20)34)33-12-11-30-28(33)36)14-18(15-22(26)23-9-10-31-32-23)25(35)13-17-3-5-19(29)6-4-17;2-1(3)4/h3-6,9-10,14-16,20,24,27H,7-8,11-13H2,1-2H3,(H,30,36)(H,31,32);. The number of hydrogen-bond acceptors (Lipinski definition) is 5. The number of Topliss-reactive ketones (excluding diaryl/α,β-unsaturated/α-hetero) is 1. The number of carbonyl (C=O) groups is 3. The second kappa shape index (κ2) is 11.4. The topological polar surface area (TPSA) is 98.4 Å². The van der Waals surface area contributed by atoms with Crippen molar-refractivity contribution in [2.24, 2.45) is 0 Å². The summed E-state index contributed by atoms with van der Waals surface area (Å²) in [7, 11) is 0. The van der Waals surface area contributed by atoms with Gasteiger partial charge in [-0.15, -0.1) is 8.78 Å². The van der Waals surface area contributed by atoms with Crippen molar-refractivity contribution in [2.45, 2.75) is 57.2 Å². The molecule has 2 N–H and O–H groups in total. The van der Waals surface area contributed by atoms with Gasteiger partial charge in [0.2, 0.25) is 0 Å². The van der Waals surface area contributed by atoms with E-state index < -0.39 is 6.29 Å². The number of urea groups is 1. The maximum absolute atomic E-state index is 13.5. The Kier molecular flexibility index (Phi) is 7.89. The number of hydrogen-bond donors (Lipinski definition) is 2. The van der Waals surface area contributed by atoms with E-state index in [2.05, 4.69) is 40.3 Å². The predicted octanol–water partition coefficient (Wildman–Crippen LogP) is 6.07. The highest BCUT2D eigenvalue weighted by Gasteiger charge is 2.52. The first-order valence-electron chi connectivity index (χ1n) is 13.3. The Balaban J connectivity index is 0.000000758. The molecule has 1 saturated carbocycles. The van der Waals surface area contributed by atoms with Crippen molar-refractivity contribution in [1.29, 1.82) is 0 Å². The van der Waals surface area contributed by atoms with Crippen LogP contribution in [0.2, 0.25) is 5.02 Å². The summed E-state index contributed by atoms with van der Waals surface area (Å²) in [5, 5.41) is 11.0. The monoisotopic (exact) mass is 569 g/mol. The smallest absolute Gasteiger partial charge is 0.363 e. The number of aromatic amines is 1. The molecule has 1 aromatic heterocycles. The van der Waals surface area contributed by atoms with Crippen LogP contribution in [0.15, 0.2) is 48.7 Å². The summed E-state index contributed by atoms with van der Waals surface area (Å²) in [6, 6.07) is 14.1. The lowest BCUT2D eigenvalue weighted by molar-refractivity contribution is 0.0992. The van der Waals surface area contributed by atoms with Crippen molar-refractivity contribution in [2.75, 3.05) is 18.0 Å². The molecule has 6 rings (SSSR count). The highest BCUT2D eigenvalue weighted by atomic mass is 35.5. The number of nitrogens with zero attached hydrogens (tertiary/aromatic N) is 3. The molecule has 1 aliphatic carbocycles. The molecule has 1 saturated heterocycles. The van der Waals surface area contributed by atoms with Crippen molar-refractivity contribution < 1.29 is 23.2 Å². The van der Waals surface area contributed by atoms with Crippen LogP contribution in [-0.2, 0) is 6.42 Å². The number of fused-ring (bicyclic) bond motifs is 3. The van der Waals surface area contributed by atoms with Crippen LogP contribution in [-0.4, -0.2) is 64.4 Å². The van der Waals surface area contributed by atoms with Gasteiger partial charge < -0.3 is 15.1 Å². The maximum atomic E-state index is 13.5. The third-order valence-corrected chi connectivity index (χ3v) is 8.19. The molecule has 40 heavy (non-hydrogen) atoms. The molecule has 2 aliphatic heterocycles. The number of aromatic nitrogens is 2. The number of H-pyrrole nitrogens is 1.